The van der Waals surface area contributed by atoms with Crippen LogP contribution in [0.2, 0.25) is 0 Å². The van der Waals surface area contributed by atoms with Crippen LogP contribution >= 0.6 is 0 Å². The Balaban J connectivity index is 2.61. The van der Waals surface area contributed by atoms with E-state index < -0.39 is 30.9 Å². The van der Waals surface area contributed by atoms with Crippen LogP contribution in [0.5, 0.6) is 0 Å². The molecular formula is C11H21NO4. The average Bonchev–Trinajstić information content (AvgIpc) is 2.53. The van der Waals surface area contributed by atoms with Crippen molar-refractivity contribution in [1.29, 1.82) is 0 Å². The summed E-state index contributed by atoms with van der Waals surface area (Å²) in [6, 6.07) is -0.481. The number of hydrogen-bond donors (Lipinski definition) is 1. The topological polar surface area (TPSA) is 59.0 Å². The number of rotatable bonds is 2. The molecule has 5 nitrogen and oxygen atoms in total. The van der Waals surface area contributed by atoms with Crippen LogP contribution in [0.1, 0.15) is 31.3 Å². The van der Waals surface area contributed by atoms with Gasteiger partial charge in [-0.2, -0.15) is 0 Å². The standard InChI is InChI=1S/C11H21NO4/c1-11(2,3)16-10(14)12-6-9(13)5-8(12)7-15-4/h8-9,13H,5-7H2,1-4H3/t8-,9-/m1/s1/i4D3. The summed E-state index contributed by atoms with van der Waals surface area (Å²) in [5.74, 6) is 0. The van der Waals surface area contributed by atoms with Crippen LogP contribution in [-0.2, 0) is 9.47 Å². The second kappa shape index (κ2) is 5.01. The van der Waals surface area contributed by atoms with Crippen molar-refractivity contribution in [2.45, 2.75) is 44.9 Å². The van der Waals surface area contributed by atoms with E-state index in [0.717, 1.165) is 0 Å². The number of ether oxygens (including phenoxy) is 2. The summed E-state index contributed by atoms with van der Waals surface area (Å²) in [4.78, 5) is 13.3. The van der Waals surface area contributed by atoms with E-state index in [1.807, 2.05) is 0 Å². The van der Waals surface area contributed by atoms with Crippen LogP contribution in [0.15, 0.2) is 0 Å². The van der Waals surface area contributed by atoms with Crippen LogP contribution in [0.4, 0.5) is 4.79 Å². The molecule has 5 heteroatoms. The molecule has 0 unspecified atom stereocenters. The molecule has 1 aliphatic rings. The zero-order valence-electron chi connectivity index (χ0n) is 12.9. The number of carbonyl (C=O) groups is 1. The molecule has 0 saturated carbocycles. The summed E-state index contributed by atoms with van der Waals surface area (Å²) in [6.45, 7) is 5.21. The number of amides is 1. The van der Waals surface area contributed by atoms with Gasteiger partial charge in [-0.25, -0.2) is 4.79 Å². The smallest absolute Gasteiger partial charge is 0.410 e. The largest absolute Gasteiger partial charge is 0.444 e. The predicted octanol–water partition coefficient (Wildman–Crippen LogP) is 1.00. The minimum Gasteiger partial charge on any atom is -0.444 e. The third-order valence-corrected chi connectivity index (χ3v) is 2.30. The average molecular weight is 234 g/mol. The fourth-order valence-electron chi connectivity index (χ4n) is 1.69. The highest BCUT2D eigenvalue weighted by Gasteiger charge is 2.36. The number of hydrogen-bond acceptors (Lipinski definition) is 4. The molecule has 1 saturated heterocycles. The monoisotopic (exact) mass is 234 g/mol. The first-order valence-electron chi connectivity index (χ1n) is 6.79. The molecule has 0 aromatic heterocycles. The zero-order valence-corrected chi connectivity index (χ0v) is 9.90. The van der Waals surface area contributed by atoms with Gasteiger partial charge in [0.15, 0.2) is 0 Å². The third-order valence-electron chi connectivity index (χ3n) is 2.30. The van der Waals surface area contributed by atoms with Crippen molar-refractivity contribution < 1.29 is 23.5 Å². The summed E-state index contributed by atoms with van der Waals surface area (Å²) in [5, 5.41) is 9.60. The number of aliphatic hydroxyl groups excluding tert-OH is 1. The molecule has 1 rings (SSSR count). The Kier molecular flexibility index (Phi) is 2.90. The van der Waals surface area contributed by atoms with Crippen LogP contribution in [-0.4, -0.2) is 54.0 Å². The lowest BCUT2D eigenvalue weighted by atomic mass is 10.2. The van der Waals surface area contributed by atoms with Crippen LogP contribution in [0, 0.1) is 0 Å². The molecule has 0 radical (unpaired) electrons. The highest BCUT2D eigenvalue weighted by molar-refractivity contribution is 5.69. The number of likely N-dealkylation sites (tertiary alicyclic amines) is 1. The van der Waals surface area contributed by atoms with Crippen molar-refractivity contribution >= 4 is 6.09 Å². The minimum absolute atomic E-state index is 0.129. The Morgan fingerprint density at radius 3 is 2.88 bits per heavy atom. The van der Waals surface area contributed by atoms with E-state index in [2.05, 4.69) is 0 Å². The lowest BCUT2D eigenvalue weighted by Gasteiger charge is -2.28. The summed E-state index contributed by atoms with van der Waals surface area (Å²) in [6.07, 6.45) is -0.962. The molecule has 1 amide bonds. The van der Waals surface area contributed by atoms with E-state index in [1.165, 1.54) is 4.90 Å². The van der Waals surface area contributed by atoms with Gasteiger partial charge < -0.3 is 19.5 Å². The summed E-state index contributed by atoms with van der Waals surface area (Å²) < 4.78 is 30.9. The maximum atomic E-state index is 11.9. The van der Waals surface area contributed by atoms with Gasteiger partial charge in [-0.15, -0.1) is 0 Å². The number of β-amino-alcohol motifs (C(OH)–C–C–N with tert-alkyl or cyclic N) is 1. The van der Waals surface area contributed by atoms with Crippen LogP contribution in [0.3, 0.4) is 0 Å². The normalized spacial score (nSPS) is 29.5. The van der Waals surface area contributed by atoms with E-state index in [-0.39, 0.29) is 19.6 Å². The number of methoxy groups -OCH3 is 1. The number of carbonyl (C=O) groups excluding carboxylic acids is 1. The van der Waals surface area contributed by atoms with Crippen LogP contribution < -0.4 is 0 Å². The first kappa shape index (κ1) is 9.24. The fraction of sp³-hybridized carbons (Fsp3) is 0.909. The van der Waals surface area contributed by atoms with Gasteiger partial charge in [0.25, 0.3) is 0 Å². The highest BCUT2D eigenvalue weighted by atomic mass is 16.6. The Labute approximate surface area is 101 Å². The van der Waals surface area contributed by atoms with Gasteiger partial charge in [-0.05, 0) is 27.2 Å². The van der Waals surface area contributed by atoms with Gasteiger partial charge in [-0.3, -0.25) is 0 Å². The van der Waals surface area contributed by atoms with Gasteiger partial charge in [0.2, 0.25) is 0 Å². The molecule has 0 aromatic rings. The summed E-state index contributed by atoms with van der Waals surface area (Å²) in [5.41, 5.74) is -0.639. The van der Waals surface area contributed by atoms with Crippen molar-refractivity contribution in [1.82, 2.24) is 4.90 Å². The fourth-order valence-corrected chi connectivity index (χ4v) is 1.69. The molecule has 1 N–H and O–H groups in total. The number of nitrogens with zero attached hydrogens (tertiary/aromatic N) is 1. The Morgan fingerprint density at radius 1 is 1.62 bits per heavy atom. The molecule has 16 heavy (non-hydrogen) atoms. The van der Waals surface area contributed by atoms with Gasteiger partial charge in [0.05, 0.1) is 29.4 Å². The third kappa shape index (κ3) is 3.64. The van der Waals surface area contributed by atoms with E-state index in [0.29, 0.717) is 0 Å². The number of aliphatic hydroxyl groups is 1. The lowest BCUT2D eigenvalue weighted by Crippen LogP contribution is -2.41. The van der Waals surface area contributed by atoms with Gasteiger partial charge in [-0.1, -0.05) is 0 Å². The van der Waals surface area contributed by atoms with E-state index in [4.69, 9.17) is 13.6 Å². The minimum atomic E-state index is -2.51. The van der Waals surface area contributed by atoms with E-state index >= 15 is 0 Å². The molecule has 0 spiro atoms. The maximum Gasteiger partial charge on any atom is 0.410 e. The lowest BCUT2D eigenvalue weighted by molar-refractivity contribution is 0.0137. The molecule has 1 aliphatic heterocycles. The summed E-state index contributed by atoms with van der Waals surface area (Å²) in [7, 11) is -2.51. The van der Waals surface area contributed by atoms with Crippen molar-refractivity contribution in [2.75, 3.05) is 20.2 Å². The second-order valence-electron chi connectivity index (χ2n) is 4.99. The Hall–Kier alpha value is -0.810. The second-order valence-corrected chi connectivity index (χ2v) is 4.99. The molecule has 2 atom stereocenters. The van der Waals surface area contributed by atoms with Gasteiger partial charge in [0.1, 0.15) is 5.60 Å². The quantitative estimate of drug-likeness (QED) is 0.774. The zero-order chi connectivity index (χ0) is 14.8. The van der Waals surface area contributed by atoms with Gasteiger partial charge in [0, 0.05) is 7.04 Å². The van der Waals surface area contributed by atoms with E-state index in [1.54, 1.807) is 20.8 Å². The van der Waals surface area contributed by atoms with Crippen molar-refractivity contribution in [3.05, 3.63) is 0 Å². The molecule has 1 heterocycles. The molecule has 0 aliphatic carbocycles. The first-order valence-corrected chi connectivity index (χ1v) is 5.29. The molecule has 94 valence electrons. The Morgan fingerprint density at radius 2 is 2.31 bits per heavy atom. The van der Waals surface area contributed by atoms with E-state index in [9.17, 15) is 9.90 Å². The molecule has 1 fully saturated rings. The first-order chi connectivity index (χ1) is 8.48. The SMILES string of the molecule is [2H]C([2H])([2H])OC[C@H]1C[C@@H](O)CN1C(=O)OC(C)(C)C. The van der Waals surface area contributed by atoms with Crippen molar-refractivity contribution in [2.24, 2.45) is 0 Å². The maximum absolute atomic E-state index is 11.9. The van der Waals surface area contributed by atoms with Gasteiger partial charge >= 0.3 is 6.09 Å². The Bertz CT molecular complexity index is 327. The molecule has 0 bridgehead atoms. The highest BCUT2D eigenvalue weighted by Crippen LogP contribution is 2.21. The van der Waals surface area contributed by atoms with Crippen molar-refractivity contribution in [3.63, 3.8) is 0 Å². The molecule has 0 aromatic carbocycles. The summed E-state index contributed by atoms with van der Waals surface area (Å²) >= 11 is 0. The van der Waals surface area contributed by atoms with Crippen molar-refractivity contribution in [3.8, 4) is 0 Å². The predicted molar refractivity (Wildman–Crippen MR) is 59.2 cm³/mol. The molecular weight excluding hydrogens is 210 g/mol. The van der Waals surface area contributed by atoms with Crippen LogP contribution in [0.25, 0.3) is 0 Å².